The second kappa shape index (κ2) is 26.9. The van der Waals surface area contributed by atoms with Gasteiger partial charge in [0.1, 0.15) is 8.37 Å². The van der Waals surface area contributed by atoms with Crippen molar-refractivity contribution in [3.8, 4) is 0 Å². The van der Waals surface area contributed by atoms with Gasteiger partial charge in [0.25, 0.3) is 0 Å². The lowest BCUT2D eigenvalue weighted by Gasteiger charge is -2.57. The van der Waals surface area contributed by atoms with Crippen LogP contribution in [0, 0.1) is 23.2 Å². The first kappa shape index (κ1) is 63.7. The van der Waals surface area contributed by atoms with Crippen LogP contribution in [0.25, 0.3) is 0 Å². The summed E-state index contributed by atoms with van der Waals surface area (Å²) < 4.78 is 21.9. The van der Waals surface area contributed by atoms with Crippen LogP contribution < -0.4 is 14.4 Å². The van der Waals surface area contributed by atoms with E-state index >= 15 is 0 Å². The lowest BCUT2D eigenvalue weighted by Crippen LogP contribution is -2.61. The Morgan fingerprint density at radius 3 is 1.14 bits per heavy atom. The van der Waals surface area contributed by atoms with Crippen LogP contribution >= 0.6 is 35.6 Å². The summed E-state index contributed by atoms with van der Waals surface area (Å²) in [5.41, 5.74) is 9.10. The second-order valence-electron chi connectivity index (χ2n) is 26.4. The summed E-state index contributed by atoms with van der Waals surface area (Å²) in [5.74, 6) is 4.31. The Bertz CT molecular complexity index is 1700. The van der Waals surface area contributed by atoms with E-state index in [1.165, 1.54) is 72.8 Å². The number of benzene rings is 2. The smallest absolute Gasteiger partial charge is 0.197 e. The van der Waals surface area contributed by atoms with Crippen LogP contribution in [0.1, 0.15) is 225 Å². The van der Waals surface area contributed by atoms with Crippen LogP contribution in [0.2, 0.25) is 0 Å². The molecule has 5 heterocycles. The van der Waals surface area contributed by atoms with Gasteiger partial charge in [0.05, 0.1) is 5.60 Å². The molecule has 0 radical (unpaired) electrons. The summed E-state index contributed by atoms with van der Waals surface area (Å²) in [5, 5.41) is 3.79. The van der Waals surface area contributed by atoms with Crippen LogP contribution in [0.4, 0.5) is 11.4 Å². The minimum atomic E-state index is -0.969. The average molecular weight is 1050 g/mol. The molecule has 0 amide bonds. The first-order valence-corrected chi connectivity index (χ1v) is 32.0. The van der Waals surface area contributed by atoms with Crippen LogP contribution in [0.15, 0.2) is 36.4 Å². The summed E-state index contributed by atoms with van der Waals surface area (Å²) in [7, 11) is -1.85. The topological polar surface area (TPSA) is 40.7 Å². The summed E-state index contributed by atoms with van der Waals surface area (Å²) in [6.07, 6.45) is 1.31. The number of hydrogen-bond donors (Lipinski definition) is 1. The molecule has 5 aliphatic rings. The maximum absolute atomic E-state index is 7.34. The van der Waals surface area contributed by atoms with Crippen molar-refractivity contribution in [2.75, 3.05) is 68.2 Å². The molecule has 0 atom stereocenters. The quantitative estimate of drug-likeness (QED) is 0.211. The van der Waals surface area contributed by atoms with Gasteiger partial charge in [-0.1, -0.05) is 154 Å². The predicted octanol–water partition coefficient (Wildman–Crippen LogP) is 18.0. The highest BCUT2D eigenvalue weighted by atomic mass is 35.7. The summed E-state index contributed by atoms with van der Waals surface area (Å²) in [6.45, 7) is 67.2. The zero-order chi connectivity index (χ0) is 53.4. The normalized spacial score (nSPS) is 21.5. The molecule has 2 aromatic rings. The van der Waals surface area contributed by atoms with E-state index in [9.17, 15) is 0 Å². The third kappa shape index (κ3) is 18.0. The fraction of sp³-hybridized carbons (Fsp3) is 0.793. The highest BCUT2D eigenvalue weighted by molar-refractivity contribution is 7.86. The van der Waals surface area contributed by atoms with Crippen LogP contribution in [0.5, 0.6) is 0 Å². The van der Waals surface area contributed by atoms with Crippen LogP contribution in [-0.2, 0) is 4.52 Å². The molecule has 0 spiro atoms. The van der Waals surface area contributed by atoms with Crippen molar-refractivity contribution in [3.05, 3.63) is 58.7 Å². The molecule has 404 valence electrons. The number of hydrogen-bond acceptors (Lipinski definition) is 8. The molecule has 1 N–H and O–H groups in total. The number of nitrogens with zero attached hydrogens (tertiary/aromatic N) is 6. The molecule has 2 aromatic carbocycles. The predicted molar refractivity (Wildman–Crippen MR) is 318 cm³/mol. The van der Waals surface area contributed by atoms with Gasteiger partial charge in [-0.05, 0) is 137 Å². The van der Waals surface area contributed by atoms with Crippen molar-refractivity contribution in [2.45, 2.75) is 220 Å². The molecule has 0 aliphatic carbocycles. The monoisotopic (exact) mass is 1050 g/mol. The molecule has 5 saturated heterocycles. The lowest BCUT2D eigenvalue weighted by molar-refractivity contribution is 0.110. The summed E-state index contributed by atoms with van der Waals surface area (Å²) >= 11 is 7.34. The zero-order valence-electron chi connectivity index (χ0n) is 49.9. The SMILES string of the molecule is CC(C)(C)OP1N(C(C)(C)C)CCN1C(C)(C)C.CC(C)CN1CC2(C)CNP1N(CC(C)C)C2.CC(C)c1cccc(C(C)C)c1N1CCN(c2c(C(C)C)cccc2C(C)C)P1Cl.CCC(C)C. The van der Waals surface area contributed by atoms with Gasteiger partial charge >= 0.3 is 0 Å². The van der Waals surface area contributed by atoms with Gasteiger partial charge in [0, 0.05) is 86.8 Å². The van der Waals surface area contributed by atoms with Crippen molar-refractivity contribution in [3.63, 3.8) is 0 Å². The molecule has 7 rings (SSSR count). The van der Waals surface area contributed by atoms with E-state index in [1.54, 1.807) is 0 Å². The van der Waals surface area contributed by atoms with Crippen molar-refractivity contribution in [1.29, 1.82) is 0 Å². The number of nitrogens with one attached hydrogen (secondary N) is 1. The number of fused-ring (bicyclic) bond motifs is 3. The Morgan fingerprint density at radius 1 is 0.571 bits per heavy atom. The maximum atomic E-state index is 7.34. The third-order valence-corrected chi connectivity index (χ3v) is 21.2. The first-order chi connectivity index (χ1) is 32.1. The van der Waals surface area contributed by atoms with Crippen LogP contribution in [0.3, 0.4) is 0 Å². The largest absolute Gasteiger partial charge is 0.325 e. The Kier molecular flexibility index (Phi) is 24.5. The Balaban J connectivity index is 0.000000279. The standard InChI is InChI=1S/C26H38ClN2P.C14H31N2OP.C13H28N3P.C5H12/c1-17(2)21-11-9-12-22(18(3)4)25(21)28-15-16-29(30(28)27)26-23(19(5)6)13-10-14-24(26)20(7)8;1-12(2,3)15-10-11-16(13(4,5)6)18(15)17-14(7,8)9;1-11(2)6-15-9-13(5)8-14-17(15)16(10-13)7-12(3)4;1-4-5(2)3/h9-14,17-20H,15-16H2,1-8H3;10-11H2,1-9H3;11-12,14H,6-10H2,1-5H3;5H,4H2,1-3H3. The van der Waals surface area contributed by atoms with Crippen molar-refractivity contribution in [2.24, 2.45) is 23.2 Å². The van der Waals surface area contributed by atoms with E-state index in [-0.39, 0.29) is 25.1 Å². The minimum Gasteiger partial charge on any atom is -0.325 e. The first-order valence-electron chi connectivity index (χ1n) is 27.5. The molecule has 12 heteroatoms. The van der Waals surface area contributed by atoms with Crippen molar-refractivity contribution >= 4 is 47.0 Å². The Morgan fingerprint density at radius 2 is 0.900 bits per heavy atom. The highest BCUT2D eigenvalue weighted by Crippen LogP contribution is 2.61. The van der Waals surface area contributed by atoms with Gasteiger partial charge in [-0.25, -0.2) is 9.34 Å². The molecule has 0 unspecified atom stereocenters. The van der Waals surface area contributed by atoms with Gasteiger partial charge in [0.15, 0.2) is 16.0 Å². The maximum Gasteiger partial charge on any atom is 0.197 e. The van der Waals surface area contributed by atoms with E-state index in [0.717, 1.165) is 43.9 Å². The molecule has 5 aliphatic heterocycles. The van der Waals surface area contributed by atoms with E-state index in [4.69, 9.17) is 15.8 Å². The lowest BCUT2D eigenvalue weighted by atomic mass is 9.90. The van der Waals surface area contributed by atoms with E-state index in [1.807, 2.05) is 0 Å². The summed E-state index contributed by atoms with van der Waals surface area (Å²) in [6, 6.07) is 13.6. The molecular weight excluding hydrogens is 939 g/mol. The van der Waals surface area contributed by atoms with Gasteiger partial charge in [-0.15, -0.1) is 0 Å². The molecule has 0 saturated carbocycles. The van der Waals surface area contributed by atoms with E-state index in [2.05, 4.69) is 243 Å². The number of rotatable bonds is 12. The number of para-hydroxylation sites is 2. The van der Waals surface area contributed by atoms with Crippen molar-refractivity contribution < 1.29 is 4.52 Å². The molecule has 0 aromatic heterocycles. The molecule has 8 nitrogen and oxygen atoms in total. The molecule has 2 bridgehead atoms. The number of halogens is 1. The summed E-state index contributed by atoms with van der Waals surface area (Å²) in [4.78, 5) is 0. The Hall–Kier alpha value is -0.620. The molecule has 5 fully saturated rings. The third-order valence-electron chi connectivity index (χ3n) is 13.2. The fourth-order valence-electron chi connectivity index (χ4n) is 9.46. The van der Waals surface area contributed by atoms with E-state index in [0.29, 0.717) is 29.1 Å². The Labute approximate surface area is 443 Å². The fourth-order valence-corrected chi connectivity index (χ4v) is 17.6. The average Bonchev–Trinajstić information content (AvgIpc) is 3.82. The van der Waals surface area contributed by atoms with Gasteiger partial charge in [-0.2, -0.15) is 0 Å². The van der Waals surface area contributed by atoms with Gasteiger partial charge < -0.3 is 13.9 Å². The van der Waals surface area contributed by atoms with Gasteiger partial charge in [0.2, 0.25) is 0 Å². The number of anilines is 2. The van der Waals surface area contributed by atoms with Gasteiger partial charge in [-0.3, -0.25) is 14.4 Å². The van der Waals surface area contributed by atoms with Crippen LogP contribution in [-0.4, -0.2) is 94.3 Å². The van der Waals surface area contributed by atoms with E-state index < -0.39 is 16.0 Å². The molecular formula is C58H109ClN7OP3. The minimum absolute atomic E-state index is 0.0942. The zero-order valence-corrected chi connectivity index (χ0v) is 53.3. The second-order valence-corrected chi connectivity index (χ2v) is 32.5. The molecule has 70 heavy (non-hydrogen) atoms. The highest BCUT2D eigenvalue weighted by Gasteiger charge is 2.47. The van der Waals surface area contributed by atoms with Crippen molar-refractivity contribution in [1.82, 2.24) is 23.8 Å².